The Morgan fingerprint density at radius 3 is 2.83 bits per heavy atom. The van der Waals surface area contributed by atoms with Crippen molar-refractivity contribution in [3.8, 4) is 0 Å². The normalized spacial score (nSPS) is 11.2. The fourth-order valence-electron chi connectivity index (χ4n) is 2.16. The van der Waals surface area contributed by atoms with E-state index >= 15 is 0 Å². The van der Waals surface area contributed by atoms with E-state index in [-0.39, 0.29) is 0 Å². The number of fused-ring (bicyclic) bond motifs is 1. The average Bonchev–Trinajstić information content (AvgIpc) is 2.95. The van der Waals surface area contributed by atoms with Crippen LogP contribution in [0.1, 0.15) is 11.4 Å². The first-order chi connectivity index (χ1) is 8.78. The fraction of sp³-hybridized carbons (Fsp3) is 0.250. The second kappa shape index (κ2) is 4.23. The predicted octanol–water partition coefficient (Wildman–Crippen LogP) is 0.672. The summed E-state index contributed by atoms with van der Waals surface area (Å²) in [4.78, 5) is 1.46. The first-order valence-electron chi connectivity index (χ1n) is 5.77. The Morgan fingerprint density at radius 2 is 2.11 bits per heavy atom. The van der Waals surface area contributed by atoms with Crippen molar-refractivity contribution in [2.75, 3.05) is 0 Å². The molecular weight excluding hydrogens is 228 g/mol. The molecule has 92 valence electrons. The summed E-state index contributed by atoms with van der Waals surface area (Å²) in [6, 6.07) is 8.19. The number of hydrogen-bond acceptors (Lipinski definition) is 4. The van der Waals surface area contributed by atoms with Crippen LogP contribution < -0.4 is 5.73 Å². The molecule has 0 saturated carbocycles. The zero-order valence-electron chi connectivity index (χ0n) is 10.1. The average molecular weight is 242 g/mol. The Labute approximate surface area is 104 Å². The van der Waals surface area contributed by atoms with Crippen molar-refractivity contribution in [1.29, 1.82) is 0 Å². The van der Waals surface area contributed by atoms with Gasteiger partial charge in [-0.25, -0.2) is 0 Å². The summed E-state index contributed by atoms with van der Waals surface area (Å²) in [7, 11) is 1.76. The lowest BCUT2D eigenvalue weighted by atomic mass is 10.2. The van der Waals surface area contributed by atoms with Gasteiger partial charge in [0.2, 0.25) is 0 Å². The molecule has 1 aromatic carbocycles. The molecular formula is C12H14N6. The van der Waals surface area contributed by atoms with Gasteiger partial charge in [0, 0.05) is 23.6 Å². The van der Waals surface area contributed by atoms with E-state index in [1.807, 2.05) is 12.1 Å². The number of nitrogens with two attached hydrogens (primary N) is 1. The molecule has 0 saturated heterocycles. The Kier molecular flexibility index (Phi) is 2.56. The summed E-state index contributed by atoms with van der Waals surface area (Å²) in [6.07, 6.45) is 2.06. The first kappa shape index (κ1) is 10.9. The standard InChI is InChI=1S/C12H14N6/c1-17-15-12(14-16-17)8-18-7-9(6-13)10-4-2-3-5-11(10)18/h2-5,7H,6,8,13H2,1H3. The fourth-order valence-corrected chi connectivity index (χ4v) is 2.16. The number of para-hydroxylation sites is 1. The van der Waals surface area contributed by atoms with Gasteiger partial charge in [-0.15, -0.1) is 10.2 Å². The zero-order valence-corrected chi connectivity index (χ0v) is 10.1. The number of hydrogen-bond donors (Lipinski definition) is 1. The van der Waals surface area contributed by atoms with Gasteiger partial charge < -0.3 is 10.3 Å². The molecule has 0 bridgehead atoms. The molecule has 6 heteroatoms. The highest BCUT2D eigenvalue weighted by Crippen LogP contribution is 2.21. The second-order valence-corrected chi connectivity index (χ2v) is 4.20. The van der Waals surface area contributed by atoms with Crippen molar-refractivity contribution in [1.82, 2.24) is 24.8 Å². The maximum Gasteiger partial charge on any atom is 0.194 e. The van der Waals surface area contributed by atoms with Crippen LogP contribution >= 0.6 is 0 Å². The minimum absolute atomic E-state index is 0.529. The van der Waals surface area contributed by atoms with E-state index in [0.717, 1.165) is 11.1 Å². The van der Waals surface area contributed by atoms with E-state index in [0.29, 0.717) is 18.9 Å². The Balaban J connectivity index is 2.06. The van der Waals surface area contributed by atoms with Gasteiger partial charge in [0.25, 0.3) is 0 Å². The minimum atomic E-state index is 0.529. The molecule has 0 unspecified atom stereocenters. The lowest BCUT2D eigenvalue weighted by Gasteiger charge is -2.00. The molecule has 2 heterocycles. The van der Waals surface area contributed by atoms with Crippen LogP contribution in [0.5, 0.6) is 0 Å². The van der Waals surface area contributed by atoms with Gasteiger partial charge in [0.1, 0.15) is 0 Å². The second-order valence-electron chi connectivity index (χ2n) is 4.20. The van der Waals surface area contributed by atoms with E-state index in [4.69, 9.17) is 5.73 Å². The topological polar surface area (TPSA) is 74.5 Å². The molecule has 0 amide bonds. The van der Waals surface area contributed by atoms with Crippen LogP contribution in [-0.2, 0) is 20.1 Å². The summed E-state index contributed by atoms with van der Waals surface area (Å²) in [6.45, 7) is 1.13. The summed E-state index contributed by atoms with van der Waals surface area (Å²) in [5.74, 6) is 0.696. The number of tetrazole rings is 1. The van der Waals surface area contributed by atoms with Crippen LogP contribution in [0, 0.1) is 0 Å². The molecule has 0 spiro atoms. The van der Waals surface area contributed by atoms with Crippen LogP contribution in [0.4, 0.5) is 0 Å². The lowest BCUT2D eigenvalue weighted by molar-refractivity contribution is 0.625. The Bertz CT molecular complexity index is 681. The van der Waals surface area contributed by atoms with Crippen LogP contribution in [-0.4, -0.2) is 24.8 Å². The number of aromatic nitrogens is 5. The molecule has 0 aliphatic carbocycles. The van der Waals surface area contributed by atoms with Gasteiger partial charge >= 0.3 is 0 Å². The number of nitrogens with zero attached hydrogens (tertiary/aromatic N) is 5. The van der Waals surface area contributed by atoms with E-state index in [9.17, 15) is 0 Å². The maximum atomic E-state index is 5.77. The third-order valence-electron chi connectivity index (χ3n) is 2.95. The molecule has 0 fully saturated rings. The van der Waals surface area contributed by atoms with E-state index in [1.165, 1.54) is 10.2 Å². The SMILES string of the molecule is Cn1nnc(Cn2cc(CN)c3ccccc32)n1. The van der Waals surface area contributed by atoms with Crippen LogP contribution in [0.25, 0.3) is 10.9 Å². The zero-order chi connectivity index (χ0) is 12.5. The summed E-state index contributed by atoms with van der Waals surface area (Å²) < 4.78 is 2.11. The van der Waals surface area contributed by atoms with Crippen molar-refractivity contribution in [2.45, 2.75) is 13.1 Å². The van der Waals surface area contributed by atoms with E-state index in [1.54, 1.807) is 7.05 Å². The van der Waals surface area contributed by atoms with Crippen LogP contribution in [0.15, 0.2) is 30.5 Å². The van der Waals surface area contributed by atoms with E-state index in [2.05, 4.69) is 38.3 Å². The smallest absolute Gasteiger partial charge is 0.194 e. The highest BCUT2D eigenvalue weighted by molar-refractivity contribution is 5.83. The molecule has 3 rings (SSSR count). The molecule has 2 aromatic heterocycles. The quantitative estimate of drug-likeness (QED) is 0.732. The molecule has 6 nitrogen and oxygen atoms in total. The maximum absolute atomic E-state index is 5.77. The molecule has 2 N–H and O–H groups in total. The summed E-state index contributed by atoms with van der Waals surface area (Å²) in [5, 5.41) is 13.2. The van der Waals surface area contributed by atoms with Gasteiger partial charge in [-0.3, -0.25) is 0 Å². The van der Waals surface area contributed by atoms with Gasteiger partial charge in [-0.05, 0) is 16.8 Å². The third-order valence-corrected chi connectivity index (χ3v) is 2.95. The van der Waals surface area contributed by atoms with E-state index < -0.39 is 0 Å². The molecule has 0 aliphatic rings. The predicted molar refractivity (Wildman–Crippen MR) is 67.7 cm³/mol. The largest absolute Gasteiger partial charge is 0.339 e. The Morgan fingerprint density at radius 1 is 1.28 bits per heavy atom. The number of benzene rings is 1. The minimum Gasteiger partial charge on any atom is -0.339 e. The summed E-state index contributed by atoms with van der Waals surface area (Å²) >= 11 is 0. The van der Waals surface area contributed by atoms with Gasteiger partial charge in [-0.2, -0.15) is 4.80 Å². The highest BCUT2D eigenvalue weighted by Gasteiger charge is 2.09. The lowest BCUT2D eigenvalue weighted by Crippen LogP contribution is -2.01. The van der Waals surface area contributed by atoms with Crippen molar-refractivity contribution in [2.24, 2.45) is 12.8 Å². The monoisotopic (exact) mass is 242 g/mol. The molecule has 0 aliphatic heterocycles. The van der Waals surface area contributed by atoms with Crippen LogP contribution in [0.3, 0.4) is 0 Å². The Hall–Kier alpha value is -2.21. The van der Waals surface area contributed by atoms with Gasteiger partial charge in [-0.1, -0.05) is 18.2 Å². The van der Waals surface area contributed by atoms with Gasteiger partial charge in [0.05, 0.1) is 13.6 Å². The highest BCUT2D eigenvalue weighted by atomic mass is 15.6. The van der Waals surface area contributed by atoms with Crippen molar-refractivity contribution in [3.05, 3.63) is 41.9 Å². The first-order valence-corrected chi connectivity index (χ1v) is 5.77. The molecule has 0 radical (unpaired) electrons. The molecule has 3 aromatic rings. The molecule has 0 atom stereocenters. The van der Waals surface area contributed by atoms with Crippen molar-refractivity contribution in [3.63, 3.8) is 0 Å². The van der Waals surface area contributed by atoms with Gasteiger partial charge in [0.15, 0.2) is 5.82 Å². The molecule has 18 heavy (non-hydrogen) atoms. The number of aryl methyl sites for hydroxylation is 1. The number of rotatable bonds is 3. The van der Waals surface area contributed by atoms with Crippen molar-refractivity contribution < 1.29 is 0 Å². The summed E-state index contributed by atoms with van der Waals surface area (Å²) in [5.41, 5.74) is 8.04. The van der Waals surface area contributed by atoms with Crippen molar-refractivity contribution >= 4 is 10.9 Å². The third kappa shape index (κ3) is 1.76. The van der Waals surface area contributed by atoms with Crippen LogP contribution in [0.2, 0.25) is 0 Å².